The van der Waals surface area contributed by atoms with Gasteiger partial charge in [0.2, 0.25) is 5.91 Å². The summed E-state index contributed by atoms with van der Waals surface area (Å²) in [5.41, 5.74) is 0.608. The fraction of sp³-hybridized carbons (Fsp3) is 0.375. The second kappa shape index (κ2) is 5.28. The van der Waals surface area contributed by atoms with Crippen molar-refractivity contribution >= 4 is 34.5 Å². The van der Waals surface area contributed by atoms with E-state index in [0.29, 0.717) is 10.7 Å². The lowest BCUT2D eigenvalue weighted by Gasteiger charge is -2.28. The Bertz CT molecular complexity index is 653. The number of nitro benzene ring substituents is 1. The number of nitro groups is 1. The van der Waals surface area contributed by atoms with Crippen molar-refractivity contribution in [2.24, 2.45) is 23.7 Å². The first-order valence-electron chi connectivity index (χ1n) is 7.22. The highest BCUT2D eigenvalue weighted by molar-refractivity contribution is 7.80. The van der Waals surface area contributed by atoms with Gasteiger partial charge in [0.05, 0.1) is 15.8 Å². The monoisotopic (exact) mass is 316 g/mol. The van der Waals surface area contributed by atoms with Gasteiger partial charge in [-0.15, -0.1) is 0 Å². The largest absolute Gasteiger partial charge is 0.274 e. The molecule has 4 atom stereocenters. The molecule has 0 unspecified atom stereocenters. The molecule has 0 N–H and O–H groups in total. The molecule has 0 aromatic heterocycles. The molecule has 1 amide bonds. The molecule has 0 bridgehead atoms. The maximum atomic E-state index is 12.8. The number of fused-ring (bicyclic) bond motifs is 1. The van der Waals surface area contributed by atoms with E-state index in [1.165, 1.54) is 12.1 Å². The van der Waals surface area contributed by atoms with Crippen molar-refractivity contribution in [3.63, 3.8) is 0 Å². The molecule has 1 saturated heterocycles. The normalized spacial score (nSPS) is 30.5. The molecule has 1 aliphatic heterocycles. The Hall–Kier alpha value is -2.08. The molecule has 0 radical (unpaired) electrons. The van der Waals surface area contributed by atoms with Crippen LogP contribution in [0.3, 0.4) is 0 Å². The van der Waals surface area contributed by atoms with Gasteiger partial charge in [-0.25, -0.2) is 0 Å². The molecule has 0 spiro atoms. The van der Waals surface area contributed by atoms with Crippen LogP contribution in [0.25, 0.3) is 0 Å². The summed E-state index contributed by atoms with van der Waals surface area (Å²) in [5.74, 6) is 0.253. The summed E-state index contributed by atoms with van der Waals surface area (Å²) < 4.78 is 0. The van der Waals surface area contributed by atoms with Crippen molar-refractivity contribution in [1.82, 2.24) is 0 Å². The molecule has 0 saturated carbocycles. The Morgan fingerprint density at radius 2 is 1.64 bits per heavy atom. The van der Waals surface area contributed by atoms with E-state index in [4.69, 9.17) is 12.2 Å². The van der Waals surface area contributed by atoms with Gasteiger partial charge in [0.25, 0.3) is 5.69 Å². The highest BCUT2D eigenvalue weighted by Gasteiger charge is 2.50. The fourth-order valence-electron chi connectivity index (χ4n) is 3.39. The third kappa shape index (κ3) is 2.14. The van der Waals surface area contributed by atoms with Crippen LogP contribution in [0.5, 0.6) is 0 Å². The zero-order valence-corrected chi connectivity index (χ0v) is 13.1. The lowest BCUT2D eigenvalue weighted by molar-refractivity contribution is -0.384. The number of nitrogens with zero attached hydrogens (tertiary/aromatic N) is 2. The molecule has 2 aliphatic rings. The maximum absolute atomic E-state index is 12.8. The average Bonchev–Trinajstić information content (AvgIpc) is 2.76. The van der Waals surface area contributed by atoms with Crippen molar-refractivity contribution in [1.29, 1.82) is 0 Å². The molecule has 5 nitrogen and oxygen atoms in total. The molecule has 1 aromatic rings. The smallest absolute Gasteiger partial charge is 0.269 e. The van der Waals surface area contributed by atoms with E-state index in [9.17, 15) is 14.9 Å². The number of carbonyl (C=O) groups is 1. The molecule has 1 aliphatic carbocycles. The van der Waals surface area contributed by atoms with Gasteiger partial charge in [0.15, 0.2) is 0 Å². The van der Waals surface area contributed by atoms with E-state index in [2.05, 4.69) is 19.1 Å². The summed E-state index contributed by atoms with van der Waals surface area (Å²) in [6.45, 7) is 4.10. The van der Waals surface area contributed by atoms with Gasteiger partial charge in [-0.05, 0) is 24.0 Å². The van der Waals surface area contributed by atoms with E-state index in [1.54, 1.807) is 17.0 Å². The third-order valence-electron chi connectivity index (χ3n) is 4.57. The minimum atomic E-state index is -0.457. The third-order valence-corrected chi connectivity index (χ3v) is 5.02. The minimum Gasteiger partial charge on any atom is -0.274 e. The zero-order valence-electron chi connectivity index (χ0n) is 12.3. The SMILES string of the molecule is C[C@@H]1C=C[C@H](C)[C@@H]2C(=S)N(c3ccc([N+](=O)[O-])cc3)C(=O)[C@@H]21. The molecular formula is C16H16N2O3S. The summed E-state index contributed by atoms with van der Waals surface area (Å²) in [7, 11) is 0. The topological polar surface area (TPSA) is 63.4 Å². The molecule has 6 heteroatoms. The number of hydrogen-bond acceptors (Lipinski definition) is 4. The quantitative estimate of drug-likeness (QED) is 0.363. The molecule has 1 heterocycles. The van der Waals surface area contributed by atoms with Crippen molar-refractivity contribution < 1.29 is 9.72 Å². The van der Waals surface area contributed by atoms with Crippen LogP contribution in [-0.2, 0) is 4.79 Å². The van der Waals surface area contributed by atoms with Gasteiger partial charge in [-0.2, -0.15) is 0 Å². The Kier molecular flexibility index (Phi) is 3.56. The Morgan fingerprint density at radius 3 is 2.14 bits per heavy atom. The molecule has 3 rings (SSSR count). The molecule has 114 valence electrons. The molecule has 22 heavy (non-hydrogen) atoms. The van der Waals surface area contributed by atoms with Gasteiger partial charge < -0.3 is 0 Å². The first-order chi connectivity index (χ1) is 10.4. The molecular weight excluding hydrogens is 300 g/mol. The highest BCUT2D eigenvalue weighted by atomic mass is 32.1. The Labute approximate surface area is 133 Å². The van der Waals surface area contributed by atoms with Crippen LogP contribution in [0.4, 0.5) is 11.4 Å². The Morgan fingerprint density at radius 1 is 1.09 bits per heavy atom. The minimum absolute atomic E-state index is 0.00198. The number of amides is 1. The highest BCUT2D eigenvalue weighted by Crippen LogP contribution is 2.43. The summed E-state index contributed by atoms with van der Waals surface area (Å²) in [4.78, 5) is 25.3. The van der Waals surface area contributed by atoms with Gasteiger partial charge in [0, 0.05) is 23.7 Å². The zero-order chi connectivity index (χ0) is 16.0. The van der Waals surface area contributed by atoms with Gasteiger partial charge in [-0.3, -0.25) is 19.8 Å². The van der Waals surface area contributed by atoms with Gasteiger partial charge >= 0.3 is 0 Å². The summed E-state index contributed by atoms with van der Waals surface area (Å²) >= 11 is 5.55. The number of hydrogen-bond donors (Lipinski definition) is 0. The van der Waals surface area contributed by atoms with Gasteiger partial charge in [0.1, 0.15) is 0 Å². The number of benzene rings is 1. The second-order valence-electron chi connectivity index (χ2n) is 5.94. The fourth-order valence-corrected chi connectivity index (χ4v) is 3.94. The van der Waals surface area contributed by atoms with Crippen molar-refractivity contribution in [2.75, 3.05) is 4.90 Å². The number of non-ortho nitro benzene ring substituents is 1. The molecule has 1 fully saturated rings. The number of rotatable bonds is 2. The van der Waals surface area contributed by atoms with Crippen LogP contribution in [0, 0.1) is 33.8 Å². The predicted molar refractivity (Wildman–Crippen MR) is 87.6 cm³/mol. The number of allylic oxidation sites excluding steroid dienone is 2. The average molecular weight is 316 g/mol. The van der Waals surface area contributed by atoms with Crippen molar-refractivity contribution in [3.8, 4) is 0 Å². The standard InChI is InChI=1S/C16H16N2O3S/c1-9-3-4-10(2)14-13(9)15(19)17(16(14)22)11-5-7-12(8-6-11)18(20)21/h3-10,13-14H,1-2H3/t9-,10+,13-,14+/m1/s1. The maximum Gasteiger partial charge on any atom is 0.269 e. The first-order valence-corrected chi connectivity index (χ1v) is 7.63. The van der Waals surface area contributed by atoms with Crippen molar-refractivity contribution in [2.45, 2.75) is 13.8 Å². The summed E-state index contributed by atoms with van der Waals surface area (Å²) in [6, 6.07) is 5.97. The summed E-state index contributed by atoms with van der Waals surface area (Å²) in [6.07, 6.45) is 4.19. The van der Waals surface area contributed by atoms with Crippen LogP contribution in [-0.4, -0.2) is 15.8 Å². The van der Waals surface area contributed by atoms with Crippen molar-refractivity contribution in [3.05, 3.63) is 46.5 Å². The number of carbonyl (C=O) groups excluding carboxylic acids is 1. The predicted octanol–water partition coefficient (Wildman–Crippen LogP) is 3.34. The first kappa shape index (κ1) is 14.8. The lowest BCUT2D eigenvalue weighted by atomic mass is 9.73. The van der Waals surface area contributed by atoms with E-state index in [-0.39, 0.29) is 35.3 Å². The Balaban J connectivity index is 1.97. The van der Waals surface area contributed by atoms with Crippen LogP contribution >= 0.6 is 12.2 Å². The van der Waals surface area contributed by atoms with Gasteiger partial charge in [-0.1, -0.05) is 38.2 Å². The van der Waals surface area contributed by atoms with E-state index in [1.807, 2.05) is 6.92 Å². The van der Waals surface area contributed by atoms with Crippen LogP contribution in [0.15, 0.2) is 36.4 Å². The van der Waals surface area contributed by atoms with Crippen LogP contribution in [0.1, 0.15) is 13.8 Å². The van der Waals surface area contributed by atoms with Crippen LogP contribution < -0.4 is 4.90 Å². The second-order valence-corrected chi connectivity index (χ2v) is 6.36. The van der Waals surface area contributed by atoms with E-state index < -0.39 is 4.92 Å². The number of anilines is 1. The van der Waals surface area contributed by atoms with Crippen LogP contribution in [0.2, 0.25) is 0 Å². The molecule has 1 aromatic carbocycles. The lowest BCUT2D eigenvalue weighted by Crippen LogP contribution is -2.31. The van der Waals surface area contributed by atoms with E-state index >= 15 is 0 Å². The number of thiocarbonyl (C=S) groups is 1. The summed E-state index contributed by atoms with van der Waals surface area (Å²) in [5, 5.41) is 10.7. The van der Waals surface area contributed by atoms with E-state index in [0.717, 1.165) is 0 Å².